The van der Waals surface area contributed by atoms with E-state index >= 15 is 0 Å². The Labute approximate surface area is 387 Å². The Hall–Kier alpha value is -6.32. The molecule has 0 saturated heterocycles. The van der Waals surface area contributed by atoms with Gasteiger partial charge in [0.15, 0.2) is 0 Å². The molecule has 3 heterocycles. The zero-order valence-corrected chi connectivity index (χ0v) is 37.7. The van der Waals surface area contributed by atoms with Gasteiger partial charge in [-0.1, -0.05) is 21.6 Å². The molecular formula is C39H51N9O15S3. The first-order chi connectivity index (χ1) is 31.4. The zero-order chi connectivity index (χ0) is 48.8. The van der Waals surface area contributed by atoms with Crippen LogP contribution in [0.4, 0.5) is 5.95 Å². The van der Waals surface area contributed by atoms with Gasteiger partial charge >= 0.3 is 23.9 Å². The number of nitrogen functional groups attached to an aromatic ring is 1. The van der Waals surface area contributed by atoms with E-state index in [1.165, 1.54) is 11.3 Å². The monoisotopic (exact) mass is 981 g/mol. The Morgan fingerprint density at radius 1 is 0.788 bits per heavy atom. The fourth-order valence-electron chi connectivity index (χ4n) is 5.92. The van der Waals surface area contributed by atoms with Gasteiger partial charge in [-0.3, -0.25) is 38.5 Å². The van der Waals surface area contributed by atoms with E-state index in [-0.39, 0.29) is 73.0 Å². The van der Waals surface area contributed by atoms with Crippen molar-refractivity contribution in [2.75, 3.05) is 23.8 Å². The van der Waals surface area contributed by atoms with Crippen molar-refractivity contribution in [1.82, 2.24) is 36.2 Å². The Balaban J connectivity index is 1.41. The Bertz CT molecular complexity index is 2270. The summed E-state index contributed by atoms with van der Waals surface area (Å²) in [6.07, 6.45) is 0.650. The highest BCUT2D eigenvalue weighted by Crippen LogP contribution is 2.23. The van der Waals surface area contributed by atoms with E-state index in [1.54, 1.807) is 18.2 Å². The summed E-state index contributed by atoms with van der Waals surface area (Å²) in [7, 11) is 2.08. The molecule has 13 N–H and O–H groups in total. The van der Waals surface area contributed by atoms with Gasteiger partial charge in [0.25, 0.3) is 11.5 Å². The van der Waals surface area contributed by atoms with Gasteiger partial charge in [0.1, 0.15) is 49.0 Å². The molecule has 3 aromatic rings. The summed E-state index contributed by atoms with van der Waals surface area (Å²) in [5, 5.41) is 38.3. The number of aryl methyl sites for hydroxylation is 2. The molecule has 3 rings (SSSR count). The number of amides is 4. The second-order valence-corrected chi connectivity index (χ2v) is 18.2. The maximum absolute atomic E-state index is 13.2. The number of carbonyl (C=O) groups is 10. The Morgan fingerprint density at radius 2 is 1.42 bits per heavy atom. The number of hydrogen-bond donors (Lipinski definition) is 11. The minimum absolute atomic E-state index is 0.000425. The van der Waals surface area contributed by atoms with Gasteiger partial charge in [-0.2, -0.15) is 4.98 Å². The number of aldehydes is 2. The van der Waals surface area contributed by atoms with E-state index < -0.39 is 90.6 Å². The molecule has 0 radical (unpaired) electrons. The number of H-pyrrole nitrogens is 2. The van der Waals surface area contributed by atoms with Crippen molar-refractivity contribution in [3.05, 3.63) is 44.0 Å². The molecule has 24 nitrogen and oxygen atoms in total. The van der Waals surface area contributed by atoms with Crippen molar-refractivity contribution in [3.8, 4) is 0 Å². The first-order valence-electron chi connectivity index (χ1n) is 20.3. The van der Waals surface area contributed by atoms with Crippen molar-refractivity contribution in [3.63, 3.8) is 0 Å². The minimum Gasteiger partial charge on any atom is -0.481 e. The smallest absolute Gasteiger partial charge is 0.327 e. The third-order valence-electron chi connectivity index (χ3n) is 9.35. The van der Waals surface area contributed by atoms with Crippen molar-refractivity contribution >= 4 is 110 Å². The number of hydrogen-bond acceptors (Lipinski definition) is 18. The van der Waals surface area contributed by atoms with E-state index in [9.17, 15) is 63.0 Å². The maximum Gasteiger partial charge on any atom is 0.327 e. The number of thiophene rings is 1. The summed E-state index contributed by atoms with van der Waals surface area (Å²) >= 11 is 1.19. The highest BCUT2D eigenvalue weighted by atomic mass is 33.1. The van der Waals surface area contributed by atoms with Crippen LogP contribution < -0.4 is 38.3 Å². The van der Waals surface area contributed by atoms with E-state index in [0.717, 1.165) is 32.2 Å². The molecule has 0 aliphatic heterocycles. The zero-order valence-electron chi connectivity index (χ0n) is 35.2. The molecule has 360 valence electrons. The molecule has 0 bridgehead atoms. The van der Waals surface area contributed by atoms with E-state index in [1.807, 2.05) is 0 Å². The summed E-state index contributed by atoms with van der Waals surface area (Å²) in [5.74, 6) is -8.37. The highest BCUT2D eigenvalue weighted by molar-refractivity contribution is 8.76. The molecule has 1 unspecified atom stereocenters. The highest BCUT2D eigenvalue weighted by Gasteiger charge is 2.31. The number of rotatable bonds is 32. The number of aliphatic carboxylic acids is 3. The van der Waals surface area contributed by atoms with Crippen molar-refractivity contribution in [1.29, 1.82) is 0 Å². The van der Waals surface area contributed by atoms with Crippen LogP contribution in [0, 0.1) is 0 Å². The lowest BCUT2D eigenvalue weighted by Crippen LogP contribution is -2.57. The molecule has 66 heavy (non-hydrogen) atoms. The standard InChI is InChI=1S/C39H51N9O15S3/c40-23(6-2-14-49)33(55)43-25(9-12-29(51)52)35(57)44-24(7-3-15-50)34(56)46-27(38(61)62)19-65-64-17-16-63-30(53)13-10-26(37(59)60)45-36(58)28-11-8-21(66-28)5-1-4-20-18-22-31(42-20)47-39(41)48-32(22)54/h8,11,14-15,18,23-27H,1-7,9-10,12-13,16-17,19,40H2,(H,43,55)(H,44,57)(H,45,58)(H,46,56)(H,51,52)(H,59,60)(H,61,62)(H4,41,42,47,48,54)/t23-,24?,25-,26-,27-/m0/s1. The molecule has 0 spiro atoms. The van der Waals surface area contributed by atoms with Crippen LogP contribution in [0.25, 0.3) is 11.0 Å². The Kier molecular flexibility index (Phi) is 22.8. The number of ether oxygens (including phenoxy) is 1. The number of anilines is 1. The molecule has 0 fully saturated rings. The lowest BCUT2D eigenvalue weighted by atomic mass is 10.1. The van der Waals surface area contributed by atoms with E-state index in [4.69, 9.17) is 21.3 Å². The molecule has 0 aliphatic carbocycles. The molecule has 27 heteroatoms. The predicted molar refractivity (Wildman–Crippen MR) is 240 cm³/mol. The molecule has 0 saturated carbocycles. The third kappa shape index (κ3) is 18.6. The van der Waals surface area contributed by atoms with Gasteiger partial charge in [-0.25, -0.2) is 9.59 Å². The van der Waals surface area contributed by atoms with Crippen molar-refractivity contribution in [2.24, 2.45) is 5.73 Å². The summed E-state index contributed by atoms with van der Waals surface area (Å²) < 4.78 is 5.15. The lowest BCUT2D eigenvalue weighted by molar-refractivity contribution is -0.144. The fraction of sp³-hybridized carbons (Fsp3) is 0.487. The SMILES string of the molecule is Nc1nc2[nH]c(CCCc3ccc(C(=O)N[C@@H](CCC(=O)OCCSSC[C@H](NC(=O)C(CCC=O)NC(=O)[C@H](CCC(=O)O)NC(=O)[C@@H](N)CCC=O)C(=O)O)C(=O)O)s3)cc2c(=O)[nH]1. The lowest BCUT2D eigenvalue weighted by Gasteiger charge is -2.24. The van der Waals surface area contributed by atoms with Gasteiger partial charge in [-0.05, 0) is 63.1 Å². The van der Waals surface area contributed by atoms with Crippen LogP contribution in [0.2, 0.25) is 0 Å². The van der Waals surface area contributed by atoms with Crippen LogP contribution in [0.1, 0.15) is 78.0 Å². The molecule has 0 aromatic carbocycles. The largest absolute Gasteiger partial charge is 0.481 e. The van der Waals surface area contributed by atoms with Crippen LogP contribution in [0.3, 0.4) is 0 Å². The third-order valence-corrected chi connectivity index (χ3v) is 12.9. The number of aromatic nitrogens is 3. The number of aromatic amines is 2. The molecule has 0 aliphatic rings. The number of carboxylic acids is 3. The molecule has 5 atom stereocenters. The minimum atomic E-state index is -1.50. The maximum atomic E-state index is 13.2. The first kappa shape index (κ1) is 54.0. The second-order valence-electron chi connectivity index (χ2n) is 14.4. The summed E-state index contributed by atoms with van der Waals surface area (Å²) in [4.78, 5) is 144. The van der Waals surface area contributed by atoms with Crippen LogP contribution in [-0.2, 0) is 60.7 Å². The number of carbonyl (C=O) groups excluding carboxylic acids is 7. The normalized spacial score (nSPS) is 13.3. The number of nitrogens with zero attached hydrogens (tertiary/aromatic N) is 1. The number of nitrogens with one attached hydrogen (secondary N) is 6. The predicted octanol–water partition coefficient (Wildman–Crippen LogP) is -0.353. The van der Waals surface area contributed by atoms with E-state index in [0.29, 0.717) is 42.9 Å². The fourth-order valence-corrected chi connectivity index (χ4v) is 8.85. The quantitative estimate of drug-likeness (QED) is 0.0165. The Morgan fingerprint density at radius 3 is 2.09 bits per heavy atom. The first-order valence-corrected chi connectivity index (χ1v) is 23.6. The number of fused-ring (bicyclic) bond motifs is 1. The van der Waals surface area contributed by atoms with Crippen molar-refractivity contribution < 1.29 is 68.0 Å². The van der Waals surface area contributed by atoms with Crippen LogP contribution in [-0.4, -0.2) is 139 Å². The van der Waals surface area contributed by atoms with Gasteiger partial charge in [0.05, 0.1) is 16.3 Å². The summed E-state index contributed by atoms with van der Waals surface area (Å²) in [5.41, 5.74) is 12.1. The second kappa shape index (κ2) is 27.9. The average molecular weight is 982 g/mol. The van der Waals surface area contributed by atoms with Crippen LogP contribution >= 0.6 is 32.9 Å². The number of nitrogens with two attached hydrogens (primary N) is 2. The van der Waals surface area contributed by atoms with Crippen molar-refractivity contribution in [2.45, 2.75) is 101 Å². The van der Waals surface area contributed by atoms with Gasteiger partial charge in [-0.15, -0.1) is 11.3 Å². The summed E-state index contributed by atoms with van der Waals surface area (Å²) in [6, 6.07) is -2.03. The molecule has 4 amide bonds. The van der Waals surface area contributed by atoms with Gasteiger partial charge < -0.3 is 67.4 Å². The molecule has 3 aromatic heterocycles. The van der Waals surface area contributed by atoms with E-state index in [2.05, 4.69) is 36.2 Å². The van der Waals surface area contributed by atoms with Gasteiger partial charge in [0.2, 0.25) is 23.7 Å². The van der Waals surface area contributed by atoms with Gasteiger partial charge in [0, 0.05) is 47.8 Å². The molecular weight excluding hydrogens is 931 g/mol. The van der Waals surface area contributed by atoms with Crippen LogP contribution in [0.5, 0.6) is 0 Å². The van der Waals surface area contributed by atoms with Crippen LogP contribution in [0.15, 0.2) is 23.0 Å². The average Bonchev–Trinajstić information content (AvgIpc) is 3.92. The number of esters is 1. The summed E-state index contributed by atoms with van der Waals surface area (Å²) in [6.45, 7) is -0.145. The topological polar surface area (TPSA) is 402 Å². The number of carboxylic acid groups (broad SMARTS) is 3.